The van der Waals surface area contributed by atoms with Crippen molar-refractivity contribution in [2.24, 2.45) is 11.5 Å². The van der Waals surface area contributed by atoms with Crippen molar-refractivity contribution in [1.82, 2.24) is 0 Å². The molecule has 0 aliphatic heterocycles. The van der Waals surface area contributed by atoms with Gasteiger partial charge in [-0.3, -0.25) is 9.59 Å². The number of aliphatic hydroxyl groups excluding tert-OH is 1. The molecule has 0 fully saturated rings. The summed E-state index contributed by atoms with van der Waals surface area (Å²) in [4.78, 5) is 20.0. The van der Waals surface area contributed by atoms with Gasteiger partial charge in [-0.25, -0.2) is 0 Å². The minimum absolute atomic E-state index is 0.138. The molecule has 0 saturated carbocycles. The number of rotatable bonds is 11. The second-order valence-electron chi connectivity index (χ2n) is 4.83. The first-order valence-corrected chi connectivity index (χ1v) is 7.52. The molecule has 0 unspecified atom stereocenters. The highest BCUT2D eigenvalue weighted by Gasteiger charge is 2.09. The number of hydrogen-bond donors (Lipinski definition) is 4. The first-order chi connectivity index (χ1) is 9.99. The highest BCUT2D eigenvalue weighted by Crippen LogP contribution is 2.03. The van der Waals surface area contributed by atoms with Crippen LogP contribution in [0.5, 0.6) is 0 Å². The Hall–Kier alpha value is -1.40. The Balaban J connectivity index is 0. The van der Waals surface area contributed by atoms with Crippen LogP contribution in [-0.2, 0) is 9.59 Å². The SMILES string of the molecule is CCCCCCC=C(O)C=O.NCCCC[C@H](N)C(=O)O. The molecule has 0 spiro atoms. The van der Waals surface area contributed by atoms with E-state index in [-0.39, 0.29) is 5.76 Å². The van der Waals surface area contributed by atoms with Gasteiger partial charge in [-0.15, -0.1) is 0 Å². The van der Waals surface area contributed by atoms with Gasteiger partial charge in [0.15, 0.2) is 12.0 Å². The third-order valence-electron chi connectivity index (χ3n) is 2.82. The van der Waals surface area contributed by atoms with Crippen LogP contribution in [0.1, 0.15) is 58.3 Å². The number of carboxylic acid groups (broad SMARTS) is 1. The Labute approximate surface area is 127 Å². The lowest BCUT2D eigenvalue weighted by atomic mass is 10.1. The first-order valence-electron chi connectivity index (χ1n) is 7.52. The molecule has 0 aromatic carbocycles. The molecule has 21 heavy (non-hydrogen) atoms. The Morgan fingerprint density at radius 3 is 2.29 bits per heavy atom. The molecule has 0 saturated heterocycles. The van der Waals surface area contributed by atoms with Gasteiger partial charge < -0.3 is 21.7 Å². The maximum absolute atomic E-state index is 10.1. The second-order valence-corrected chi connectivity index (χ2v) is 4.83. The monoisotopic (exact) mass is 302 g/mol. The number of aldehydes is 1. The van der Waals surface area contributed by atoms with E-state index in [2.05, 4.69) is 6.92 Å². The van der Waals surface area contributed by atoms with Gasteiger partial charge in [0.1, 0.15) is 6.04 Å². The van der Waals surface area contributed by atoms with E-state index >= 15 is 0 Å². The van der Waals surface area contributed by atoms with Gasteiger partial charge in [0.2, 0.25) is 0 Å². The minimum Gasteiger partial charge on any atom is -0.505 e. The van der Waals surface area contributed by atoms with Crippen LogP contribution in [0.2, 0.25) is 0 Å². The van der Waals surface area contributed by atoms with Crippen LogP contribution in [0.4, 0.5) is 0 Å². The normalized spacial score (nSPS) is 12.2. The van der Waals surface area contributed by atoms with Crippen molar-refractivity contribution >= 4 is 12.3 Å². The molecule has 0 heterocycles. The van der Waals surface area contributed by atoms with Gasteiger partial charge in [0, 0.05) is 0 Å². The molecule has 6 nitrogen and oxygen atoms in total. The maximum atomic E-state index is 10.1. The van der Waals surface area contributed by atoms with Crippen molar-refractivity contribution in [3.05, 3.63) is 11.8 Å². The minimum atomic E-state index is -0.933. The standard InChI is InChI=1S/C9H16O2.C6H14N2O2/c1-2-3-4-5-6-7-9(11)8-10;7-4-2-1-3-5(8)6(9)10/h7-8,11H,2-6H2,1H3;5H,1-4,7-8H2,(H,9,10)/t;5-/m.0/s1. The van der Waals surface area contributed by atoms with Gasteiger partial charge in [-0.2, -0.15) is 0 Å². The van der Waals surface area contributed by atoms with Gasteiger partial charge in [-0.1, -0.05) is 32.6 Å². The number of carboxylic acids is 1. The van der Waals surface area contributed by atoms with Crippen LogP contribution < -0.4 is 11.5 Å². The van der Waals surface area contributed by atoms with E-state index in [1.807, 2.05) is 0 Å². The summed E-state index contributed by atoms with van der Waals surface area (Å²) in [5, 5.41) is 17.0. The van der Waals surface area contributed by atoms with E-state index in [1.54, 1.807) is 6.08 Å². The van der Waals surface area contributed by atoms with Crippen molar-refractivity contribution in [2.45, 2.75) is 64.3 Å². The van der Waals surface area contributed by atoms with E-state index in [9.17, 15) is 9.59 Å². The van der Waals surface area contributed by atoms with Gasteiger partial charge in [0.05, 0.1) is 0 Å². The quantitative estimate of drug-likeness (QED) is 0.200. The second kappa shape index (κ2) is 16.7. The maximum Gasteiger partial charge on any atom is 0.320 e. The third-order valence-corrected chi connectivity index (χ3v) is 2.82. The molecule has 0 amide bonds. The predicted molar refractivity (Wildman–Crippen MR) is 84.1 cm³/mol. The van der Waals surface area contributed by atoms with Crippen LogP contribution in [0, 0.1) is 0 Å². The molecule has 6 N–H and O–H groups in total. The zero-order valence-corrected chi connectivity index (χ0v) is 13.0. The number of carbonyl (C=O) groups is 2. The topological polar surface area (TPSA) is 127 Å². The summed E-state index contributed by atoms with van der Waals surface area (Å²) in [6, 6.07) is -0.716. The fourth-order valence-electron chi connectivity index (χ4n) is 1.50. The number of nitrogens with two attached hydrogens (primary N) is 2. The molecule has 0 aromatic rings. The molecule has 0 rings (SSSR count). The number of aliphatic hydroxyl groups is 1. The van der Waals surface area contributed by atoms with E-state index in [0.29, 0.717) is 19.3 Å². The van der Waals surface area contributed by atoms with Crippen LogP contribution in [-0.4, -0.2) is 35.1 Å². The molecule has 0 bridgehead atoms. The largest absolute Gasteiger partial charge is 0.505 e. The van der Waals surface area contributed by atoms with Gasteiger partial charge >= 0.3 is 5.97 Å². The van der Waals surface area contributed by atoms with Crippen LogP contribution in [0.25, 0.3) is 0 Å². The average Bonchev–Trinajstić information content (AvgIpc) is 2.47. The highest BCUT2D eigenvalue weighted by molar-refractivity contribution is 5.72. The summed E-state index contributed by atoms with van der Waals surface area (Å²) < 4.78 is 0. The number of carbonyl (C=O) groups excluding carboxylic acids is 1. The smallest absolute Gasteiger partial charge is 0.320 e. The summed E-state index contributed by atoms with van der Waals surface area (Å²) in [6.07, 6.45) is 9.70. The molecule has 124 valence electrons. The Bertz CT molecular complexity index is 293. The Morgan fingerprint density at radius 1 is 1.14 bits per heavy atom. The number of allylic oxidation sites excluding steroid dienone is 2. The first kappa shape index (κ1) is 21.9. The third kappa shape index (κ3) is 18.6. The molecule has 0 radical (unpaired) electrons. The number of unbranched alkanes of at least 4 members (excludes halogenated alkanes) is 5. The molecule has 0 aromatic heterocycles. The van der Waals surface area contributed by atoms with Crippen LogP contribution in [0.15, 0.2) is 11.8 Å². The molecule has 0 aliphatic carbocycles. The summed E-state index contributed by atoms with van der Waals surface area (Å²) in [7, 11) is 0. The van der Waals surface area contributed by atoms with Gasteiger partial charge in [0.25, 0.3) is 0 Å². The van der Waals surface area contributed by atoms with E-state index in [0.717, 1.165) is 25.7 Å². The molecule has 6 heteroatoms. The van der Waals surface area contributed by atoms with E-state index < -0.39 is 12.0 Å². The van der Waals surface area contributed by atoms with Crippen molar-refractivity contribution < 1.29 is 19.8 Å². The fourth-order valence-corrected chi connectivity index (χ4v) is 1.50. The lowest BCUT2D eigenvalue weighted by Crippen LogP contribution is -2.29. The van der Waals surface area contributed by atoms with Crippen molar-refractivity contribution in [1.29, 1.82) is 0 Å². The predicted octanol–water partition coefficient (Wildman–Crippen LogP) is 2.12. The molecular formula is C15H30N2O4. The zero-order valence-electron chi connectivity index (χ0n) is 13.0. The molecule has 0 aliphatic rings. The van der Waals surface area contributed by atoms with E-state index in [1.165, 1.54) is 19.3 Å². The van der Waals surface area contributed by atoms with Crippen LogP contribution >= 0.6 is 0 Å². The Kier molecular flexibility index (Phi) is 17.4. The van der Waals surface area contributed by atoms with Crippen molar-refractivity contribution in [3.8, 4) is 0 Å². The lowest BCUT2D eigenvalue weighted by molar-refractivity contribution is -0.138. The average molecular weight is 302 g/mol. The van der Waals surface area contributed by atoms with E-state index in [4.69, 9.17) is 21.7 Å². The molecular weight excluding hydrogens is 272 g/mol. The van der Waals surface area contributed by atoms with Crippen LogP contribution in [0.3, 0.4) is 0 Å². The summed E-state index contributed by atoms with van der Waals surface area (Å²) in [5.74, 6) is -1.07. The number of hydrogen-bond acceptors (Lipinski definition) is 5. The Morgan fingerprint density at radius 2 is 1.81 bits per heavy atom. The zero-order chi connectivity index (χ0) is 16.5. The molecule has 1 atom stereocenters. The van der Waals surface area contributed by atoms with Crippen molar-refractivity contribution in [3.63, 3.8) is 0 Å². The highest BCUT2D eigenvalue weighted by atomic mass is 16.4. The summed E-state index contributed by atoms with van der Waals surface area (Å²) in [6.45, 7) is 2.76. The number of aliphatic carboxylic acids is 1. The lowest BCUT2D eigenvalue weighted by Gasteiger charge is -2.03. The van der Waals surface area contributed by atoms with Gasteiger partial charge in [-0.05, 0) is 38.3 Å². The fraction of sp³-hybridized carbons (Fsp3) is 0.733. The summed E-state index contributed by atoms with van der Waals surface area (Å²) >= 11 is 0. The summed E-state index contributed by atoms with van der Waals surface area (Å²) in [5.41, 5.74) is 10.4. The van der Waals surface area contributed by atoms with Crippen molar-refractivity contribution in [2.75, 3.05) is 6.54 Å².